The van der Waals surface area contributed by atoms with Gasteiger partial charge in [0.25, 0.3) is 0 Å². The highest BCUT2D eigenvalue weighted by molar-refractivity contribution is 5.49. The van der Waals surface area contributed by atoms with Crippen LogP contribution in [0, 0.1) is 11.3 Å². The van der Waals surface area contributed by atoms with Gasteiger partial charge in [-0.1, -0.05) is 0 Å². The third kappa shape index (κ3) is 2.67. The van der Waals surface area contributed by atoms with Crippen LogP contribution in [0.25, 0.3) is 0 Å². The minimum atomic E-state index is 0.259. The second-order valence-electron chi connectivity index (χ2n) is 4.89. The summed E-state index contributed by atoms with van der Waals surface area (Å²) in [5, 5.41) is 15.8. The molecule has 1 saturated heterocycles. The summed E-state index contributed by atoms with van der Waals surface area (Å²) in [5.74, 6) is 1.08. The van der Waals surface area contributed by atoms with E-state index in [1.54, 1.807) is 0 Å². The zero-order valence-electron chi connectivity index (χ0n) is 10.8. The van der Waals surface area contributed by atoms with Crippen molar-refractivity contribution in [2.45, 2.75) is 31.8 Å². The smallest absolute Gasteiger partial charge is 0.234 e. The number of hydrogen-bond acceptors (Lipinski definition) is 6. The quantitative estimate of drug-likeness (QED) is 0.808. The van der Waals surface area contributed by atoms with Gasteiger partial charge in [0.05, 0.1) is 5.69 Å². The average Bonchev–Trinajstić information content (AvgIpc) is 2.48. The summed E-state index contributed by atoms with van der Waals surface area (Å²) in [6, 6.07) is 2.42. The molecule has 0 atom stereocenters. The minimum Gasteiger partial charge on any atom is -0.381 e. The molecule has 2 aliphatic heterocycles. The molecule has 0 amide bonds. The Balaban J connectivity index is 1.88. The van der Waals surface area contributed by atoms with Gasteiger partial charge in [0.2, 0.25) is 5.82 Å². The number of nitrogens with one attached hydrogen (secondary N) is 2. The molecule has 0 radical (unpaired) electrons. The van der Waals surface area contributed by atoms with Crippen LogP contribution in [0.3, 0.4) is 0 Å². The molecule has 1 aromatic heterocycles. The highest BCUT2D eigenvalue weighted by Crippen LogP contribution is 2.22. The fraction of sp³-hybridized carbons (Fsp3) is 0.615. The largest absolute Gasteiger partial charge is 0.381 e. The van der Waals surface area contributed by atoms with E-state index in [1.807, 2.05) is 6.07 Å². The molecule has 3 rings (SSSR count). The molecular formula is C13H17N5O. The van der Waals surface area contributed by atoms with Crippen molar-refractivity contribution in [3.05, 3.63) is 17.1 Å². The molecule has 2 aliphatic rings. The zero-order chi connectivity index (χ0) is 13.1. The molecule has 1 aromatic rings. The van der Waals surface area contributed by atoms with E-state index in [0.29, 0.717) is 6.04 Å². The summed E-state index contributed by atoms with van der Waals surface area (Å²) in [4.78, 5) is 8.64. The Kier molecular flexibility index (Phi) is 3.58. The molecule has 0 unspecified atom stereocenters. The van der Waals surface area contributed by atoms with Crippen LogP contribution in [0.1, 0.15) is 29.9 Å². The van der Waals surface area contributed by atoms with Crippen molar-refractivity contribution >= 4 is 5.82 Å². The number of rotatable bonds is 2. The molecule has 0 bridgehead atoms. The first-order valence-corrected chi connectivity index (χ1v) is 6.71. The number of aromatic nitrogens is 2. The Morgan fingerprint density at radius 2 is 2.16 bits per heavy atom. The minimum absolute atomic E-state index is 0.259. The molecule has 0 spiro atoms. The first-order chi connectivity index (χ1) is 9.36. The average molecular weight is 259 g/mol. The highest BCUT2D eigenvalue weighted by atomic mass is 16.5. The van der Waals surface area contributed by atoms with Crippen molar-refractivity contribution < 1.29 is 4.74 Å². The third-order valence-electron chi connectivity index (χ3n) is 3.60. The second kappa shape index (κ2) is 5.51. The van der Waals surface area contributed by atoms with Crippen molar-refractivity contribution in [1.29, 1.82) is 5.26 Å². The maximum atomic E-state index is 9.03. The van der Waals surface area contributed by atoms with E-state index in [1.165, 1.54) is 0 Å². The van der Waals surface area contributed by atoms with Gasteiger partial charge in [-0.05, 0) is 12.8 Å². The van der Waals surface area contributed by atoms with Gasteiger partial charge < -0.3 is 15.4 Å². The Hall–Kier alpha value is -1.71. The maximum absolute atomic E-state index is 9.03. The van der Waals surface area contributed by atoms with Crippen LogP contribution in [0.5, 0.6) is 0 Å². The number of nitriles is 1. The molecule has 6 nitrogen and oxygen atoms in total. The van der Waals surface area contributed by atoms with Gasteiger partial charge in [-0.15, -0.1) is 0 Å². The molecule has 100 valence electrons. The summed E-state index contributed by atoms with van der Waals surface area (Å²) >= 11 is 0. The topological polar surface area (TPSA) is 82.9 Å². The van der Waals surface area contributed by atoms with Crippen LogP contribution in [0.4, 0.5) is 5.82 Å². The van der Waals surface area contributed by atoms with Gasteiger partial charge in [-0.25, -0.2) is 9.97 Å². The van der Waals surface area contributed by atoms with Gasteiger partial charge in [0.1, 0.15) is 11.9 Å². The summed E-state index contributed by atoms with van der Waals surface area (Å²) in [7, 11) is 0. The number of ether oxygens (including phenoxy) is 1. The van der Waals surface area contributed by atoms with Gasteiger partial charge in [0.15, 0.2) is 0 Å². The van der Waals surface area contributed by atoms with E-state index >= 15 is 0 Å². The SMILES string of the molecule is N#Cc1nc2c(c(NC3CCOCC3)n1)CNCC2. The lowest BCUT2D eigenvalue weighted by molar-refractivity contribution is 0.0903. The number of nitrogens with zero attached hydrogens (tertiary/aromatic N) is 3. The van der Waals surface area contributed by atoms with Crippen molar-refractivity contribution in [3.8, 4) is 6.07 Å². The van der Waals surface area contributed by atoms with Crippen LogP contribution in [-0.2, 0) is 17.7 Å². The number of anilines is 1. The molecule has 19 heavy (non-hydrogen) atoms. The second-order valence-corrected chi connectivity index (χ2v) is 4.89. The monoisotopic (exact) mass is 259 g/mol. The van der Waals surface area contributed by atoms with E-state index < -0.39 is 0 Å². The number of hydrogen-bond donors (Lipinski definition) is 2. The van der Waals surface area contributed by atoms with Gasteiger partial charge in [0, 0.05) is 44.3 Å². The molecule has 0 aliphatic carbocycles. The molecule has 1 fully saturated rings. The fourth-order valence-electron chi connectivity index (χ4n) is 2.55. The van der Waals surface area contributed by atoms with Crippen molar-refractivity contribution in [3.63, 3.8) is 0 Å². The van der Waals surface area contributed by atoms with E-state index in [2.05, 4.69) is 20.6 Å². The van der Waals surface area contributed by atoms with Crippen LogP contribution in [0.15, 0.2) is 0 Å². The van der Waals surface area contributed by atoms with E-state index in [9.17, 15) is 0 Å². The van der Waals surface area contributed by atoms with Crippen LogP contribution in [0.2, 0.25) is 0 Å². The van der Waals surface area contributed by atoms with Crippen molar-refractivity contribution in [1.82, 2.24) is 15.3 Å². The van der Waals surface area contributed by atoms with Crippen molar-refractivity contribution in [2.75, 3.05) is 25.1 Å². The van der Waals surface area contributed by atoms with Crippen LogP contribution in [-0.4, -0.2) is 35.8 Å². The molecule has 0 saturated carbocycles. The van der Waals surface area contributed by atoms with E-state index in [4.69, 9.17) is 10.00 Å². The fourth-order valence-corrected chi connectivity index (χ4v) is 2.55. The Morgan fingerprint density at radius 1 is 1.32 bits per heavy atom. The van der Waals surface area contributed by atoms with Gasteiger partial charge in [-0.3, -0.25) is 0 Å². The summed E-state index contributed by atoms with van der Waals surface area (Å²) < 4.78 is 5.36. The summed E-state index contributed by atoms with van der Waals surface area (Å²) in [5.41, 5.74) is 2.11. The normalized spacial score (nSPS) is 19.5. The molecule has 6 heteroatoms. The molecule has 0 aromatic carbocycles. The zero-order valence-corrected chi connectivity index (χ0v) is 10.8. The first-order valence-electron chi connectivity index (χ1n) is 6.71. The maximum Gasteiger partial charge on any atom is 0.234 e. The predicted molar refractivity (Wildman–Crippen MR) is 69.6 cm³/mol. The summed E-state index contributed by atoms with van der Waals surface area (Å²) in [6.07, 6.45) is 2.82. The number of fused-ring (bicyclic) bond motifs is 1. The Labute approximate surface area is 112 Å². The molecule has 2 N–H and O–H groups in total. The highest BCUT2D eigenvalue weighted by Gasteiger charge is 2.21. The lowest BCUT2D eigenvalue weighted by atomic mass is 10.1. The van der Waals surface area contributed by atoms with E-state index in [0.717, 1.165) is 62.6 Å². The lowest BCUT2D eigenvalue weighted by Gasteiger charge is -2.26. The van der Waals surface area contributed by atoms with Gasteiger partial charge >= 0.3 is 0 Å². The van der Waals surface area contributed by atoms with Gasteiger partial charge in [-0.2, -0.15) is 5.26 Å². The Morgan fingerprint density at radius 3 is 2.95 bits per heavy atom. The first kappa shape index (κ1) is 12.3. The lowest BCUT2D eigenvalue weighted by Crippen LogP contribution is -2.31. The van der Waals surface area contributed by atoms with Crippen molar-refractivity contribution in [2.24, 2.45) is 0 Å². The predicted octanol–water partition coefficient (Wildman–Crippen LogP) is 0.585. The van der Waals surface area contributed by atoms with Crippen LogP contribution >= 0.6 is 0 Å². The molecular weight excluding hydrogens is 242 g/mol. The molecule has 3 heterocycles. The van der Waals surface area contributed by atoms with E-state index in [-0.39, 0.29) is 5.82 Å². The summed E-state index contributed by atoms with van der Waals surface area (Å²) in [6.45, 7) is 3.25. The van der Waals surface area contributed by atoms with Crippen LogP contribution < -0.4 is 10.6 Å². The standard InChI is InChI=1S/C13H17N5O/c14-7-12-17-11-1-4-15-8-10(11)13(18-12)16-9-2-5-19-6-3-9/h9,15H,1-6,8H2,(H,16,17,18). The Bertz CT molecular complexity index is 504. The third-order valence-corrected chi connectivity index (χ3v) is 3.60.